The van der Waals surface area contributed by atoms with Crippen molar-refractivity contribution < 1.29 is 27.5 Å². The molecule has 4 rings (SSSR count). The van der Waals surface area contributed by atoms with Crippen LogP contribution in [0, 0.1) is 0 Å². The Morgan fingerprint density at radius 3 is 2.21 bits per heavy atom. The van der Waals surface area contributed by atoms with Gasteiger partial charge < -0.3 is 25.0 Å². The summed E-state index contributed by atoms with van der Waals surface area (Å²) in [6.45, 7) is 3.08. The molecule has 34 heavy (non-hydrogen) atoms. The predicted octanol–water partition coefficient (Wildman–Crippen LogP) is 0.913. The maximum absolute atomic E-state index is 13.2. The van der Waals surface area contributed by atoms with Crippen LogP contribution in [0.15, 0.2) is 53.4 Å². The average molecular weight is 489 g/mol. The molecule has 2 aromatic rings. The van der Waals surface area contributed by atoms with Crippen LogP contribution in [0.1, 0.15) is 10.4 Å². The second-order valence-corrected chi connectivity index (χ2v) is 9.83. The zero-order valence-electron chi connectivity index (χ0n) is 18.7. The monoisotopic (exact) mass is 488 g/mol. The molecule has 0 unspecified atom stereocenters. The molecule has 0 bridgehead atoms. The van der Waals surface area contributed by atoms with E-state index in [-0.39, 0.29) is 36.0 Å². The van der Waals surface area contributed by atoms with Gasteiger partial charge in [0.1, 0.15) is 0 Å². The van der Waals surface area contributed by atoms with Gasteiger partial charge in [0, 0.05) is 37.6 Å². The molecular formula is C23H28N4O6S. The maximum atomic E-state index is 13.2. The van der Waals surface area contributed by atoms with Crippen molar-refractivity contribution >= 4 is 33.2 Å². The number of sulfonamides is 1. The molecule has 0 saturated carbocycles. The van der Waals surface area contributed by atoms with Crippen molar-refractivity contribution in [1.29, 1.82) is 0 Å². The number of nitrogens with zero attached hydrogens (tertiary/aromatic N) is 2. The normalized spacial score (nSPS) is 17.2. The number of anilines is 2. The van der Waals surface area contributed by atoms with Gasteiger partial charge in [0.05, 0.1) is 43.4 Å². The van der Waals surface area contributed by atoms with Gasteiger partial charge in [0.25, 0.3) is 5.91 Å². The van der Waals surface area contributed by atoms with Crippen LogP contribution < -0.4 is 15.5 Å². The molecule has 2 N–H and O–H groups in total. The summed E-state index contributed by atoms with van der Waals surface area (Å²) in [6.07, 6.45) is 0. The molecule has 10 nitrogen and oxygen atoms in total. The van der Waals surface area contributed by atoms with Crippen molar-refractivity contribution in [2.75, 3.05) is 69.4 Å². The maximum Gasteiger partial charge on any atom is 0.253 e. The molecule has 2 fully saturated rings. The quantitative estimate of drug-likeness (QED) is 0.595. The third-order valence-electron chi connectivity index (χ3n) is 5.64. The van der Waals surface area contributed by atoms with Crippen molar-refractivity contribution in [3.63, 3.8) is 0 Å². The number of rotatable bonds is 7. The second-order valence-electron chi connectivity index (χ2n) is 7.89. The fourth-order valence-corrected chi connectivity index (χ4v) is 5.29. The van der Waals surface area contributed by atoms with Crippen LogP contribution in [-0.4, -0.2) is 83.7 Å². The lowest BCUT2D eigenvalue weighted by Crippen LogP contribution is -2.41. The molecule has 182 valence electrons. The Bertz CT molecular complexity index is 1110. The van der Waals surface area contributed by atoms with Gasteiger partial charge in [-0.1, -0.05) is 18.2 Å². The number of carbonyl (C=O) groups excluding carboxylic acids is 2. The van der Waals surface area contributed by atoms with Gasteiger partial charge in [0.2, 0.25) is 15.9 Å². The third-order valence-corrected chi connectivity index (χ3v) is 7.53. The Kier molecular flexibility index (Phi) is 7.78. The van der Waals surface area contributed by atoms with Crippen LogP contribution in [0.4, 0.5) is 11.4 Å². The zero-order chi connectivity index (χ0) is 24.0. The van der Waals surface area contributed by atoms with Crippen LogP contribution in [0.5, 0.6) is 0 Å². The largest absolute Gasteiger partial charge is 0.379 e. The van der Waals surface area contributed by atoms with Crippen molar-refractivity contribution in [1.82, 2.24) is 9.62 Å². The van der Waals surface area contributed by atoms with E-state index in [2.05, 4.69) is 10.6 Å². The summed E-state index contributed by atoms with van der Waals surface area (Å²) in [5, 5.41) is 5.33. The van der Waals surface area contributed by atoms with Crippen molar-refractivity contribution in [2.45, 2.75) is 4.90 Å². The van der Waals surface area contributed by atoms with E-state index in [4.69, 9.17) is 9.47 Å². The number of ether oxygens (including phenoxy) is 2. The van der Waals surface area contributed by atoms with E-state index < -0.39 is 15.9 Å². The third kappa shape index (κ3) is 5.73. The molecule has 2 aliphatic heterocycles. The number of morpholine rings is 2. The highest BCUT2D eigenvalue weighted by Gasteiger charge is 2.29. The number of amides is 2. The summed E-state index contributed by atoms with van der Waals surface area (Å²) in [5.74, 6) is -0.909. The molecule has 2 saturated heterocycles. The van der Waals surface area contributed by atoms with Gasteiger partial charge in [-0.3, -0.25) is 9.59 Å². The topological polar surface area (TPSA) is 117 Å². The zero-order valence-corrected chi connectivity index (χ0v) is 19.6. The standard InChI is InChI=1S/C23H28N4O6S/c28-22(25-18-4-2-1-3-5-18)17-24-23(29)20-16-19(34(30,31)27-10-14-33-15-11-27)6-7-21(20)26-8-12-32-13-9-26/h1-7,16H,8-15,17H2,(H,24,29)(H,25,28). The van der Waals surface area contributed by atoms with Crippen molar-refractivity contribution in [2.24, 2.45) is 0 Å². The molecule has 2 aromatic carbocycles. The van der Waals surface area contributed by atoms with E-state index in [1.807, 2.05) is 11.0 Å². The van der Waals surface area contributed by atoms with E-state index >= 15 is 0 Å². The van der Waals surface area contributed by atoms with Gasteiger partial charge >= 0.3 is 0 Å². The first-order valence-electron chi connectivity index (χ1n) is 11.1. The van der Waals surface area contributed by atoms with Gasteiger partial charge in [-0.15, -0.1) is 0 Å². The first-order valence-corrected chi connectivity index (χ1v) is 12.6. The second kappa shape index (κ2) is 11.0. The van der Waals surface area contributed by atoms with E-state index in [1.54, 1.807) is 30.3 Å². The minimum atomic E-state index is -3.79. The molecule has 2 amide bonds. The molecule has 0 atom stereocenters. The number of benzene rings is 2. The van der Waals surface area contributed by atoms with Gasteiger partial charge in [-0.05, 0) is 30.3 Å². The molecule has 0 aromatic heterocycles. The highest BCUT2D eigenvalue weighted by molar-refractivity contribution is 7.89. The van der Waals surface area contributed by atoms with Crippen molar-refractivity contribution in [3.05, 3.63) is 54.1 Å². The molecular weight excluding hydrogens is 460 g/mol. The number of hydrogen-bond acceptors (Lipinski definition) is 7. The lowest BCUT2D eigenvalue weighted by molar-refractivity contribution is -0.115. The Balaban J connectivity index is 1.55. The van der Waals surface area contributed by atoms with E-state index in [0.29, 0.717) is 50.9 Å². The van der Waals surface area contributed by atoms with Crippen molar-refractivity contribution in [3.8, 4) is 0 Å². The summed E-state index contributed by atoms with van der Waals surface area (Å²) >= 11 is 0. The van der Waals surface area contributed by atoms with Gasteiger partial charge in [-0.2, -0.15) is 4.31 Å². The van der Waals surface area contributed by atoms with Gasteiger partial charge in [0.15, 0.2) is 0 Å². The number of carbonyl (C=O) groups is 2. The smallest absolute Gasteiger partial charge is 0.253 e. The Hall–Kier alpha value is -2.99. The highest BCUT2D eigenvalue weighted by atomic mass is 32.2. The highest BCUT2D eigenvalue weighted by Crippen LogP contribution is 2.27. The minimum absolute atomic E-state index is 0.0327. The van der Waals surface area contributed by atoms with Crippen LogP contribution in [0.3, 0.4) is 0 Å². The average Bonchev–Trinajstić information content (AvgIpc) is 2.88. The van der Waals surface area contributed by atoms with E-state index in [1.165, 1.54) is 16.4 Å². The lowest BCUT2D eigenvalue weighted by atomic mass is 10.1. The SMILES string of the molecule is O=C(CNC(=O)c1cc(S(=O)(=O)N2CCOCC2)ccc1N1CCOCC1)Nc1ccccc1. The van der Waals surface area contributed by atoms with Crippen LogP contribution >= 0.6 is 0 Å². The summed E-state index contributed by atoms with van der Waals surface area (Å²) in [7, 11) is -3.79. The Morgan fingerprint density at radius 2 is 1.53 bits per heavy atom. The van der Waals surface area contributed by atoms with E-state index in [9.17, 15) is 18.0 Å². The molecule has 0 radical (unpaired) electrons. The first-order chi connectivity index (χ1) is 16.4. The summed E-state index contributed by atoms with van der Waals surface area (Å²) in [4.78, 5) is 27.5. The van der Waals surface area contributed by atoms with Crippen LogP contribution in [-0.2, 0) is 24.3 Å². The number of hydrogen-bond donors (Lipinski definition) is 2. The first kappa shape index (κ1) is 24.1. The van der Waals surface area contributed by atoms with Crippen LogP contribution in [0.2, 0.25) is 0 Å². The van der Waals surface area contributed by atoms with Crippen LogP contribution in [0.25, 0.3) is 0 Å². The lowest BCUT2D eigenvalue weighted by Gasteiger charge is -2.31. The molecule has 2 heterocycles. The summed E-state index contributed by atoms with van der Waals surface area (Å²) in [5.41, 5.74) is 1.42. The molecule has 11 heteroatoms. The van der Waals surface area contributed by atoms with E-state index in [0.717, 1.165) is 0 Å². The van der Waals surface area contributed by atoms with Gasteiger partial charge in [-0.25, -0.2) is 8.42 Å². The number of nitrogens with one attached hydrogen (secondary N) is 2. The minimum Gasteiger partial charge on any atom is -0.379 e. The number of para-hydroxylation sites is 1. The predicted molar refractivity (Wildman–Crippen MR) is 126 cm³/mol. The Labute approximate surface area is 198 Å². The molecule has 2 aliphatic rings. The summed E-state index contributed by atoms with van der Waals surface area (Å²) < 4.78 is 38.3. The fraction of sp³-hybridized carbons (Fsp3) is 0.391. The molecule has 0 spiro atoms. The Morgan fingerprint density at radius 1 is 0.882 bits per heavy atom. The fourth-order valence-electron chi connectivity index (χ4n) is 3.86. The molecule has 0 aliphatic carbocycles. The summed E-state index contributed by atoms with van der Waals surface area (Å²) in [6, 6.07) is 13.5.